The van der Waals surface area contributed by atoms with Gasteiger partial charge in [-0.05, 0) is 70.6 Å². The van der Waals surface area contributed by atoms with Gasteiger partial charge in [0, 0.05) is 13.0 Å². The van der Waals surface area contributed by atoms with E-state index >= 15 is 0 Å². The molecule has 0 aliphatic heterocycles. The van der Waals surface area contributed by atoms with Crippen molar-refractivity contribution in [2.24, 2.45) is 0 Å². The zero-order valence-electron chi connectivity index (χ0n) is 31.0. The highest BCUT2D eigenvalue weighted by Gasteiger charge is 2.13. The summed E-state index contributed by atoms with van der Waals surface area (Å²) in [4.78, 5) is 12.1. The Morgan fingerprint density at radius 2 is 0.957 bits per heavy atom. The van der Waals surface area contributed by atoms with Crippen molar-refractivity contribution in [1.82, 2.24) is 0 Å². The molecule has 47 heavy (non-hydrogen) atoms. The van der Waals surface area contributed by atoms with Crippen molar-refractivity contribution < 1.29 is 19.4 Å². The van der Waals surface area contributed by atoms with Crippen molar-refractivity contribution in [3.05, 3.63) is 60.8 Å². The van der Waals surface area contributed by atoms with Crippen molar-refractivity contribution in [3.63, 3.8) is 0 Å². The number of esters is 1. The summed E-state index contributed by atoms with van der Waals surface area (Å²) in [5, 5.41) is 9.56. The zero-order chi connectivity index (χ0) is 34.1. The maximum absolute atomic E-state index is 12.1. The summed E-state index contributed by atoms with van der Waals surface area (Å²) in [5.41, 5.74) is 0. The van der Waals surface area contributed by atoms with E-state index in [9.17, 15) is 9.90 Å². The zero-order valence-corrected chi connectivity index (χ0v) is 31.0. The maximum atomic E-state index is 12.1. The quantitative estimate of drug-likeness (QED) is 0.0414. The molecule has 0 amide bonds. The van der Waals surface area contributed by atoms with Gasteiger partial charge in [-0.15, -0.1) is 0 Å². The van der Waals surface area contributed by atoms with Gasteiger partial charge in [-0.25, -0.2) is 0 Å². The monoisotopic (exact) mass is 657 g/mol. The van der Waals surface area contributed by atoms with Crippen LogP contribution in [0.4, 0.5) is 0 Å². The molecule has 4 heteroatoms. The molecule has 272 valence electrons. The molecule has 0 saturated carbocycles. The van der Waals surface area contributed by atoms with Gasteiger partial charge < -0.3 is 14.6 Å². The predicted molar refractivity (Wildman–Crippen MR) is 205 cm³/mol. The first-order chi connectivity index (χ1) is 23.2. The van der Waals surface area contributed by atoms with Gasteiger partial charge in [-0.2, -0.15) is 0 Å². The highest BCUT2D eigenvalue weighted by Crippen LogP contribution is 2.13. The van der Waals surface area contributed by atoms with Gasteiger partial charge in [-0.3, -0.25) is 4.79 Å². The Morgan fingerprint density at radius 1 is 0.532 bits per heavy atom. The molecule has 0 spiro atoms. The lowest BCUT2D eigenvalue weighted by Crippen LogP contribution is -2.27. The fraction of sp³-hybridized carbons (Fsp3) is 0.744. The average molecular weight is 657 g/mol. The Kier molecular flexibility index (Phi) is 38.6. The molecular weight excluding hydrogens is 580 g/mol. The summed E-state index contributed by atoms with van der Waals surface area (Å²) < 4.78 is 11.1. The van der Waals surface area contributed by atoms with Gasteiger partial charge in [0.25, 0.3) is 0 Å². The summed E-state index contributed by atoms with van der Waals surface area (Å²) in [6, 6.07) is 0. The number of carbonyl (C=O) groups excluding carboxylic acids is 1. The molecule has 0 aliphatic rings. The summed E-state index contributed by atoms with van der Waals surface area (Å²) in [6.45, 7) is 5.18. The van der Waals surface area contributed by atoms with Crippen LogP contribution in [0.15, 0.2) is 60.8 Å². The Balaban J connectivity index is 3.43. The smallest absolute Gasteiger partial charge is 0.306 e. The first-order valence-corrected chi connectivity index (χ1v) is 19.9. The Morgan fingerprint density at radius 3 is 1.47 bits per heavy atom. The SMILES string of the molecule is CC/C=C\C/C=C\C/C=C\C/C=C\CCCCCCCCCCCCCOCC(CO)OC(=O)CCCCCCC/C=C\CCCC. The first-order valence-electron chi connectivity index (χ1n) is 19.9. The van der Waals surface area contributed by atoms with Crippen LogP contribution in [-0.2, 0) is 14.3 Å². The molecule has 0 aliphatic carbocycles. The second-order valence-corrected chi connectivity index (χ2v) is 13.0. The highest BCUT2D eigenvalue weighted by atomic mass is 16.6. The number of aliphatic hydroxyl groups is 1. The molecule has 0 bridgehead atoms. The molecule has 0 rings (SSSR count). The number of carbonyl (C=O) groups is 1. The molecule has 1 unspecified atom stereocenters. The van der Waals surface area contributed by atoms with E-state index in [2.05, 4.69) is 74.6 Å². The summed E-state index contributed by atoms with van der Waals surface area (Å²) in [7, 11) is 0. The number of hydrogen-bond donors (Lipinski definition) is 1. The molecule has 1 atom stereocenters. The van der Waals surface area contributed by atoms with Crippen LogP contribution in [0.2, 0.25) is 0 Å². The van der Waals surface area contributed by atoms with Crippen molar-refractivity contribution >= 4 is 5.97 Å². The van der Waals surface area contributed by atoms with Gasteiger partial charge in [0.2, 0.25) is 0 Å². The summed E-state index contributed by atoms with van der Waals surface area (Å²) in [5.74, 6) is -0.214. The molecule has 0 heterocycles. The van der Waals surface area contributed by atoms with Gasteiger partial charge in [-0.1, -0.05) is 164 Å². The van der Waals surface area contributed by atoms with Crippen LogP contribution >= 0.6 is 0 Å². The molecule has 0 aromatic rings. The Hall–Kier alpha value is -1.91. The highest BCUT2D eigenvalue weighted by molar-refractivity contribution is 5.69. The minimum absolute atomic E-state index is 0.178. The fourth-order valence-corrected chi connectivity index (χ4v) is 5.36. The molecule has 0 aromatic heterocycles. The maximum Gasteiger partial charge on any atom is 0.306 e. The van der Waals surface area contributed by atoms with Crippen molar-refractivity contribution in [3.8, 4) is 0 Å². The van der Waals surface area contributed by atoms with E-state index in [4.69, 9.17) is 9.47 Å². The van der Waals surface area contributed by atoms with Crippen molar-refractivity contribution in [2.45, 2.75) is 187 Å². The summed E-state index contributed by atoms with van der Waals surface area (Å²) >= 11 is 0. The van der Waals surface area contributed by atoms with Crippen LogP contribution in [0.5, 0.6) is 0 Å². The van der Waals surface area contributed by atoms with Crippen molar-refractivity contribution in [2.75, 3.05) is 19.8 Å². The topological polar surface area (TPSA) is 55.8 Å². The number of rotatable bonds is 36. The van der Waals surface area contributed by atoms with E-state index in [0.29, 0.717) is 13.0 Å². The lowest BCUT2D eigenvalue weighted by atomic mass is 10.1. The third-order valence-corrected chi connectivity index (χ3v) is 8.33. The lowest BCUT2D eigenvalue weighted by Gasteiger charge is -2.15. The van der Waals surface area contributed by atoms with E-state index in [1.165, 1.54) is 109 Å². The predicted octanol–water partition coefficient (Wildman–Crippen LogP) is 12.9. The Labute approximate surface area is 292 Å². The van der Waals surface area contributed by atoms with Gasteiger partial charge in [0.1, 0.15) is 6.10 Å². The molecule has 4 nitrogen and oxygen atoms in total. The molecule has 0 fully saturated rings. The molecule has 0 radical (unpaired) electrons. The van der Waals surface area contributed by atoms with Crippen molar-refractivity contribution in [1.29, 1.82) is 0 Å². The van der Waals surface area contributed by atoms with E-state index in [-0.39, 0.29) is 19.2 Å². The molecular formula is C43H76O4. The number of aliphatic hydroxyl groups excluding tert-OH is 1. The second-order valence-electron chi connectivity index (χ2n) is 13.0. The number of hydrogen-bond acceptors (Lipinski definition) is 4. The minimum atomic E-state index is -0.540. The van der Waals surface area contributed by atoms with Gasteiger partial charge in [0.05, 0.1) is 13.2 Å². The van der Waals surface area contributed by atoms with Crippen LogP contribution < -0.4 is 0 Å². The number of ether oxygens (including phenoxy) is 2. The van der Waals surface area contributed by atoms with Crippen LogP contribution in [0.1, 0.15) is 181 Å². The Bertz CT molecular complexity index is 779. The normalized spacial score (nSPS) is 13.0. The third-order valence-electron chi connectivity index (χ3n) is 8.33. The van der Waals surface area contributed by atoms with Gasteiger partial charge >= 0.3 is 5.97 Å². The summed E-state index contributed by atoms with van der Waals surface area (Å²) in [6.07, 6.45) is 52.8. The largest absolute Gasteiger partial charge is 0.457 e. The second kappa shape index (κ2) is 40.3. The van der Waals surface area contributed by atoms with Crippen LogP contribution in [-0.4, -0.2) is 37.0 Å². The fourth-order valence-electron chi connectivity index (χ4n) is 5.36. The number of unbranched alkanes of at least 4 members (excludes halogenated alkanes) is 18. The molecule has 0 saturated heterocycles. The van der Waals surface area contributed by atoms with Gasteiger partial charge in [0.15, 0.2) is 0 Å². The van der Waals surface area contributed by atoms with E-state index in [1.54, 1.807) is 0 Å². The van der Waals surface area contributed by atoms with Crippen LogP contribution in [0.3, 0.4) is 0 Å². The number of allylic oxidation sites excluding steroid dienone is 10. The average Bonchev–Trinajstić information content (AvgIpc) is 3.08. The van der Waals surface area contributed by atoms with Crippen LogP contribution in [0.25, 0.3) is 0 Å². The minimum Gasteiger partial charge on any atom is -0.457 e. The van der Waals surface area contributed by atoms with E-state index in [0.717, 1.165) is 51.4 Å². The van der Waals surface area contributed by atoms with E-state index in [1.807, 2.05) is 0 Å². The molecule has 0 aromatic carbocycles. The lowest BCUT2D eigenvalue weighted by molar-refractivity contribution is -0.154. The molecule has 1 N–H and O–H groups in total. The third kappa shape index (κ3) is 38.4. The van der Waals surface area contributed by atoms with Crippen LogP contribution in [0, 0.1) is 0 Å². The standard InChI is InChI=1S/C43H76O4/c1-3-5-7-9-11-13-15-16-17-18-19-20-21-22-23-24-25-26-27-29-31-33-35-37-39-46-41-42(40-44)47-43(45)38-36-34-32-30-28-14-12-10-8-6-4-2/h5,7,10-13,16-17,19-20,42,44H,3-4,6,8-9,14-15,18,21-41H2,1-2H3/b7-5-,12-10-,13-11-,17-16-,20-19-. The first kappa shape index (κ1) is 45.1. The van der Waals surface area contributed by atoms with E-state index < -0.39 is 6.10 Å².